The standard InChI is InChI=1S/C18H24N4O/c1-15(14-19)22-9-5-4-8-18(22)20-16-6-2-3-7-17(16)21-10-12-23-13-11-21/h2-3,6-7,15H,4-5,8-13H2,1H3. The van der Waals surface area contributed by atoms with Gasteiger partial charge in [-0.25, -0.2) is 4.99 Å². The number of para-hydroxylation sites is 2. The fourth-order valence-electron chi connectivity index (χ4n) is 3.21. The molecule has 2 heterocycles. The molecule has 0 aromatic heterocycles. The van der Waals surface area contributed by atoms with Crippen LogP contribution in [-0.2, 0) is 4.74 Å². The number of nitrogens with zero attached hydrogens (tertiary/aromatic N) is 4. The van der Waals surface area contributed by atoms with Gasteiger partial charge in [0.1, 0.15) is 11.9 Å². The summed E-state index contributed by atoms with van der Waals surface area (Å²) in [5.74, 6) is 1.05. The number of likely N-dealkylation sites (tertiary alicyclic amines) is 1. The predicted molar refractivity (Wildman–Crippen MR) is 92.2 cm³/mol. The Morgan fingerprint density at radius 1 is 1.17 bits per heavy atom. The van der Waals surface area contributed by atoms with Crippen molar-refractivity contribution in [3.63, 3.8) is 0 Å². The maximum atomic E-state index is 9.26. The van der Waals surface area contributed by atoms with Crippen LogP contribution in [0.25, 0.3) is 0 Å². The van der Waals surface area contributed by atoms with Crippen molar-refractivity contribution in [1.82, 2.24) is 4.90 Å². The SMILES string of the molecule is CC(C#N)N1CCCCC1=Nc1ccccc1N1CCOCC1. The molecule has 2 saturated heterocycles. The Bertz CT molecular complexity index is 601. The summed E-state index contributed by atoms with van der Waals surface area (Å²) in [5.41, 5.74) is 2.17. The van der Waals surface area contributed by atoms with Gasteiger partial charge < -0.3 is 14.5 Å². The highest BCUT2D eigenvalue weighted by atomic mass is 16.5. The van der Waals surface area contributed by atoms with Gasteiger partial charge in [0.05, 0.1) is 30.7 Å². The van der Waals surface area contributed by atoms with E-state index >= 15 is 0 Å². The van der Waals surface area contributed by atoms with Crippen LogP contribution in [0.5, 0.6) is 0 Å². The quantitative estimate of drug-likeness (QED) is 0.861. The Hall–Kier alpha value is -2.06. The molecular weight excluding hydrogens is 288 g/mol. The van der Waals surface area contributed by atoms with E-state index in [9.17, 15) is 5.26 Å². The lowest BCUT2D eigenvalue weighted by atomic mass is 10.1. The van der Waals surface area contributed by atoms with Gasteiger partial charge in [0, 0.05) is 26.1 Å². The number of nitriles is 1. The average Bonchev–Trinajstić information content (AvgIpc) is 2.63. The Balaban J connectivity index is 1.89. The number of benzene rings is 1. The monoisotopic (exact) mass is 312 g/mol. The van der Waals surface area contributed by atoms with Crippen molar-refractivity contribution in [3.05, 3.63) is 24.3 Å². The maximum absolute atomic E-state index is 9.26. The Kier molecular flexibility index (Phi) is 5.14. The van der Waals surface area contributed by atoms with E-state index < -0.39 is 0 Å². The molecule has 2 fully saturated rings. The Morgan fingerprint density at radius 3 is 2.74 bits per heavy atom. The second-order valence-corrected chi connectivity index (χ2v) is 6.07. The summed E-state index contributed by atoms with van der Waals surface area (Å²) >= 11 is 0. The van der Waals surface area contributed by atoms with E-state index in [1.807, 2.05) is 13.0 Å². The topological polar surface area (TPSA) is 51.9 Å². The summed E-state index contributed by atoms with van der Waals surface area (Å²) in [6, 6.07) is 10.5. The van der Waals surface area contributed by atoms with Gasteiger partial charge in [0.2, 0.25) is 0 Å². The third-order valence-electron chi connectivity index (χ3n) is 4.52. The molecule has 1 aromatic carbocycles. The molecule has 1 unspecified atom stereocenters. The Morgan fingerprint density at radius 2 is 1.96 bits per heavy atom. The number of anilines is 1. The molecular formula is C18H24N4O. The van der Waals surface area contributed by atoms with Gasteiger partial charge in [-0.3, -0.25) is 0 Å². The number of hydrogen-bond donors (Lipinski definition) is 0. The van der Waals surface area contributed by atoms with E-state index in [1.54, 1.807) is 0 Å². The number of aliphatic imine (C=N–C) groups is 1. The third-order valence-corrected chi connectivity index (χ3v) is 4.52. The van der Waals surface area contributed by atoms with E-state index in [0.29, 0.717) is 0 Å². The molecule has 0 N–H and O–H groups in total. The summed E-state index contributed by atoms with van der Waals surface area (Å²) in [4.78, 5) is 9.44. The van der Waals surface area contributed by atoms with Gasteiger partial charge in [-0.1, -0.05) is 12.1 Å². The van der Waals surface area contributed by atoms with Gasteiger partial charge in [-0.05, 0) is 31.9 Å². The molecule has 3 rings (SSSR count). The molecule has 5 heteroatoms. The number of ether oxygens (including phenoxy) is 1. The number of amidine groups is 1. The second-order valence-electron chi connectivity index (χ2n) is 6.07. The van der Waals surface area contributed by atoms with Crippen LogP contribution in [0.2, 0.25) is 0 Å². The van der Waals surface area contributed by atoms with Gasteiger partial charge in [-0.2, -0.15) is 5.26 Å². The zero-order valence-electron chi connectivity index (χ0n) is 13.7. The van der Waals surface area contributed by atoms with Crippen molar-refractivity contribution < 1.29 is 4.74 Å². The average molecular weight is 312 g/mol. The molecule has 0 bridgehead atoms. The molecule has 2 aliphatic rings. The predicted octanol–water partition coefficient (Wildman–Crippen LogP) is 2.95. The minimum absolute atomic E-state index is 0.121. The molecule has 0 amide bonds. The lowest BCUT2D eigenvalue weighted by Crippen LogP contribution is -2.41. The van der Waals surface area contributed by atoms with Crippen LogP contribution in [0.4, 0.5) is 11.4 Å². The second kappa shape index (κ2) is 7.47. The summed E-state index contributed by atoms with van der Waals surface area (Å²) in [6.07, 6.45) is 3.23. The minimum Gasteiger partial charge on any atom is -0.378 e. The first-order chi connectivity index (χ1) is 11.3. The fraction of sp³-hybridized carbons (Fsp3) is 0.556. The molecule has 0 radical (unpaired) electrons. The molecule has 0 aliphatic carbocycles. The molecule has 2 aliphatic heterocycles. The first-order valence-corrected chi connectivity index (χ1v) is 8.45. The van der Waals surface area contributed by atoms with E-state index in [2.05, 4.69) is 34.1 Å². The van der Waals surface area contributed by atoms with Crippen molar-refractivity contribution in [1.29, 1.82) is 5.26 Å². The molecule has 122 valence electrons. The van der Waals surface area contributed by atoms with Gasteiger partial charge in [0.15, 0.2) is 0 Å². The number of piperidine rings is 1. The van der Waals surface area contributed by atoms with E-state index in [0.717, 1.165) is 63.6 Å². The zero-order chi connectivity index (χ0) is 16.1. The van der Waals surface area contributed by atoms with Crippen molar-refractivity contribution in [2.24, 2.45) is 4.99 Å². The van der Waals surface area contributed by atoms with E-state index in [1.165, 1.54) is 5.69 Å². The molecule has 0 saturated carbocycles. The zero-order valence-corrected chi connectivity index (χ0v) is 13.7. The number of morpholine rings is 1. The first-order valence-electron chi connectivity index (χ1n) is 8.45. The smallest absolute Gasteiger partial charge is 0.115 e. The Labute approximate surface area is 138 Å². The highest BCUT2D eigenvalue weighted by Crippen LogP contribution is 2.30. The normalized spacial score (nSPS) is 22.0. The molecule has 23 heavy (non-hydrogen) atoms. The van der Waals surface area contributed by atoms with Crippen LogP contribution >= 0.6 is 0 Å². The van der Waals surface area contributed by atoms with Crippen LogP contribution in [0.1, 0.15) is 26.2 Å². The van der Waals surface area contributed by atoms with Crippen LogP contribution in [0.15, 0.2) is 29.3 Å². The highest BCUT2D eigenvalue weighted by molar-refractivity contribution is 5.88. The summed E-state index contributed by atoms with van der Waals surface area (Å²) in [5, 5.41) is 9.26. The largest absolute Gasteiger partial charge is 0.378 e. The highest BCUT2D eigenvalue weighted by Gasteiger charge is 2.22. The summed E-state index contributed by atoms with van der Waals surface area (Å²) in [6.45, 7) is 6.22. The van der Waals surface area contributed by atoms with E-state index in [4.69, 9.17) is 9.73 Å². The lowest BCUT2D eigenvalue weighted by Gasteiger charge is -2.33. The van der Waals surface area contributed by atoms with Crippen molar-refractivity contribution in [3.8, 4) is 6.07 Å². The van der Waals surface area contributed by atoms with Crippen molar-refractivity contribution in [2.75, 3.05) is 37.7 Å². The first kappa shape index (κ1) is 15.8. The molecule has 5 nitrogen and oxygen atoms in total. The minimum atomic E-state index is -0.121. The molecule has 0 spiro atoms. The fourth-order valence-corrected chi connectivity index (χ4v) is 3.21. The number of rotatable bonds is 3. The van der Waals surface area contributed by atoms with Gasteiger partial charge >= 0.3 is 0 Å². The molecule has 1 aromatic rings. The van der Waals surface area contributed by atoms with Crippen LogP contribution in [-0.4, -0.2) is 49.6 Å². The van der Waals surface area contributed by atoms with Crippen LogP contribution < -0.4 is 4.90 Å². The maximum Gasteiger partial charge on any atom is 0.115 e. The molecule has 1 atom stereocenters. The summed E-state index contributed by atoms with van der Waals surface area (Å²) in [7, 11) is 0. The van der Waals surface area contributed by atoms with Gasteiger partial charge in [-0.15, -0.1) is 0 Å². The van der Waals surface area contributed by atoms with Gasteiger partial charge in [0.25, 0.3) is 0 Å². The summed E-state index contributed by atoms with van der Waals surface area (Å²) < 4.78 is 5.45. The third kappa shape index (κ3) is 3.65. The van der Waals surface area contributed by atoms with Crippen molar-refractivity contribution >= 4 is 17.2 Å². The van der Waals surface area contributed by atoms with Crippen molar-refractivity contribution in [2.45, 2.75) is 32.2 Å². The lowest BCUT2D eigenvalue weighted by molar-refractivity contribution is 0.123. The van der Waals surface area contributed by atoms with Crippen LogP contribution in [0.3, 0.4) is 0 Å². The van der Waals surface area contributed by atoms with E-state index in [-0.39, 0.29) is 6.04 Å². The number of hydrogen-bond acceptors (Lipinski definition) is 4. The van der Waals surface area contributed by atoms with Crippen LogP contribution in [0, 0.1) is 11.3 Å².